The molecule has 0 spiro atoms. The van der Waals surface area contributed by atoms with Gasteiger partial charge in [0.15, 0.2) is 0 Å². The number of anilines is 1. The second-order valence-electron chi connectivity index (χ2n) is 7.78. The van der Waals surface area contributed by atoms with Crippen LogP contribution in [0.5, 0.6) is 5.75 Å². The van der Waals surface area contributed by atoms with Crippen LogP contribution in [0.15, 0.2) is 59.2 Å². The third-order valence-electron chi connectivity index (χ3n) is 5.44. The molecule has 7 nitrogen and oxygen atoms in total. The van der Waals surface area contributed by atoms with Gasteiger partial charge < -0.3 is 15.0 Å². The molecule has 0 saturated carbocycles. The molecule has 1 N–H and O–H groups in total. The standard InChI is InChI=1S/C24H25BrN4O3/c1-28-22(24(31)29-12-3-2-4-13-29)21(15-26-28)27-23(30)18-7-5-6-17(14-18)16-32-20-10-8-19(25)9-11-20/h5-11,14-15H,2-4,12-13,16H2,1H3,(H,27,30). The maximum atomic E-state index is 13.0. The largest absolute Gasteiger partial charge is 0.489 e. The smallest absolute Gasteiger partial charge is 0.274 e. The van der Waals surface area contributed by atoms with E-state index in [9.17, 15) is 9.59 Å². The van der Waals surface area contributed by atoms with Gasteiger partial charge in [0.25, 0.3) is 11.8 Å². The van der Waals surface area contributed by atoms with Gasteiger partial charge in [-0.2, -0.15) is 5.10 Å². The van der Waals surface area contributed by atoms with E-state index < -0.39 is 0 Å². The summed E-state index contributed by atoms with van der Waals surface area (Å²) < 4.78 is 8.31. The van der Waals surface area contributed by atoms with Gasteiger partial charge in [-0.05, 0) is 61.2 Å². The Morgan fingerprint density at radius 2 is 1.84 bits per heavy atom. The third-order valence-corrected chi connectivity index (χ3v) is 5.97. The van der Waals surface area contributed by atoms with Crippen molar-refractivity contribution >= 4 is 33.4 Å². The molecule has 4 rings (SSSR count). The molecule has 8 heteroatoms. The number of nitrogens with one attached hydrogen (secondary N) is 1. The molecule has 0 atom stereocenters. The first-order chi connectivity index (χ1) is 15.5. The number of nitrogens with zero attached hydrogens (tertiary/aromatic N) is 3. The van der Waals surface area contributed by atoms with Crippen molar-refractivity contribution < 1.29 is 14.3 Å². The predicted octanol–water partition coefficient (Wildman–Crippen LogP) is 4.64. The van der Waals surface area contributed by atoms with E-state index in [-0.39, 0.29) is 11.8 Å². The summed E-state index contributed by atoms with van der Waals surface area (Å²) in [5.41, 5.74) is 2.18. The lowest BCUT2D eigenvalue weighted by atomic mass is 10.1. The SMILES string of the molecule is Cn1ncc(NC(=O)c2cccc(COc3ccc(Br)cc3)c2)c1C(=O)N1CCCCC1. The molecule has 1 aliphatic heterocycles. The summed E-state index contributed by atoms with van der Waals surface area (Å²) in [7, 11) is 1.72. The second-order valence-corrected chi connectivity index (χ2v) is 8.70. The van der Waals surface area contributed by atoms with Crippen LogP contribution in [0.1, 0.15) is 45.7 Å². The van der Waals surface area contributed by atoms with Crippen molar-refractivity contribution in [3.05, 3.63) is 76.0 Å². The number of rotatable bonds is 6. The highest BCUT2D eigenvalue weighted by molar-refractivity contribution is 9.10. The number of hydrogen-bond donors (Lipinski definition) is 1. The highest BCUT2D eigenvalue weighted by Crippen LogP contribution is 2.21. The van der Waals surface area contributed by atoms with E-state index in [1.54, 1.807) is 19.2 Å². The van der Waals surface area contributed by atoms with Gasteiger partial charge in [0.05, 0.1) is 11.9 Å². The number of carbonyl (C=O) groups is 2. The molecule has 2 amide bonds. The fourth-order valence-electron chi connectivity index (χ4n) is 3.72. The second kappa shape index (κ2) is 9.99. The molecular weight excluding hydrogens is 472 g/mol. The van der Waals surface area contributed by atoms with Crippen LogP contribution in [0.25, 0.3) is 0 Å². The van der Waals surface area contributed by atoms with Crippen LogP contribution >= 0.6 is 15.9 Å². The molecular formula is C24H25BrN4O3. The first kappa shape index (κ1) is 22.1. The zero-order valence-electron chi connectivity index (χ0n) is 17.9. The van der Waals surface area contributed by atoms with Crippen LogP contribution in [-0.2, 0) is 13.7 Å². The Balaban J connectivity index is 1.44. The quantitative estimate of drug-likeness (QED) is 0.539. The number of aromatic nitrogens is 2. The minimum absolute atomic E-state index is 0.100. The molecule has 0 bridgehead atoms. The Morgan fingerprint density at radius 1 is 1.09 bits per heavy atom. The number of ether oxygens (including phenoxy) is 1. The number of benzene rings is 2. The van der Waals surface area contributed by atoms with Crippen LogP contribution in [-0.4, -0.2) is 39.6 Å². The van der Waals surface area contributed by atoms with E-state index in [2.05, 4.69) is 26.3 Å². The fourth-order valence-corrected chi connectivity index (χ4v) is 3.99. The predicted molar refractivity (Wildman–Crippen MR) is 126 cm³/mol. The minimum atomic E-state index is -0.295. The van der Waals surface area contributed by atoms with Crippen molar-refractivity contribution in [3.8, 4) is 5.75 Å². The van der Waals surface area contributed by atoms with E-state index in [0.29, 0.717) is 23.6 Å². The zero-order valence-corrected chi connectivity index (χ0v) is 19.5. The molecule has 0 unspecified atom stereocenters. The van der Waals surface area contributed by atoms with E-state index in [4.69, 9.17) is 4.74 Å². The van der Waals surface area contributed by atoms with Crippen LogP contribution in [0.2, 0.25) is 0 Å². The first-order valence-electron chi connectivity index (χ1n) is 10.6. The monoisotopic (exact) mass is 496 g/mol. The van der Waals surface area contributed by atoms with E-state index in [1.165, 1.54) is 10.9 Å². The summed E-state index contributed by atoms with van der Waals surface area (Å²) in [4.78, 5) is 27.8. The lowest BCUT2D eigenvalue weighted by molar-refractivity contribution is 0.0714. The van der Waals surface area contributed by atoms with E-state index in [1.807, 2.05) is 41.3 Å². The summed E-state index contributed by atoms with van der Waals surface area (Å²) in [5, 5.41) is 7.06. The lowest BCUT2D eigenvalue weighted by Gasteiger charge is -2.27. The van der Waals surface area contributed by atoms with Crippen LogP contribution in [0.3, 0.4) is 0 Å². The van der Waals surface area contributed by atoms with Gasteiger partial charge >= 0.3 is 0 Å². The van der Waals surface area contributed by atoms with Crippen LogP contribution in [0, 0.1) is 0 Å². The molecule has 1 aromatic heterocycles. The third kappa shape index (κ3) is 5.19. The Kier molecular flexibility index (Phi) is 6.90. The Morgan fingerprint density at radius 3 is 2.59 bits per heavy atom. The molecule has 0 aliphatic carbocycles. The molecule has 1 fully saturated rings. The summed E-state index contributed by atoms with van der Waals surface area (Å²) in [6, 6.07) is 14.8. The average Bonchev–Trinajstić information content (AvgIpc) is 3.18. The summed E-state index contributed by atoms with van der Waals surface area (Å²) >= 11 is 3.40. The van der Waals surface area contributed by atoms with E-state index in [0.717, 1.165) is 48.1 Å². The molecule has 0 radical (unpaired) electrons. The number of amides is 2. The average molecular weight is 497 g/mol. The Labute approximate surface area is 195 Å². The first-order valence-corrected chi connectivity index (χ1v) is 11.4. The van der Waals surface area contributed by atoms with Gasteiger partial charge in [0.2, 0.25) is 0 Å². The number of carbonyl (C=O) groups excluding carboxylic acids is 2. The maximum absolute atomic E-state index is 13.0. The molecule has 1 aliphatic rings. The molecule has 32 heavy (non-hydrogen) atoms. The van der Waals surface area contributed by atoms with E-state index >= 15 is 0 Å². The van der Waals surface area contributed by atoms with Crippen molar-refractivity contribution in [2.75, 3.05) is 18.4 Å². The highest BCUT2D eigenvalue weighted by atomic mass is 79.9. The molecule has 2 aromatic carbocycles. The zero-order chi connectivity index (χ0) is 22.5. The van der Waals surface area contributed by atoms with Crippen molar-refractivity contribution in [1.29, 1.82) is 0 Å². The summed E-state index contributed by atoms with van der Waals surface area (Å²) in [5.74, 6) is 0.354. The maximum Gasteiger partial charge on any atom is 0.274 e. The number of aryl methyl sites for hydroxylation is 1. The summed E-state index contributed by atoms with van der Waals surface area (Å²) in [6.45, 7) is 1.81. The highest BCUT2D eigenvalue weighted by Gasteiger charge is 2.25. The van der Waals surface area contributed by atoms with Crippen LogP contribution in [0.4, 0.5) is 5.69 Å². The van der Waals surface area contributed by atoms with Gasteiger partial charge in [-0.15, -0.1) is 0 Å². The molecule has 1 saturated heterocycles. The summed E-state index contributed by atoms with van der Waals surface area (Å²) in [6.07, 6.45) is 4.66. The molecule has 166 valence electrons. The Hall–Kier alpha value is -3.13. The topological polar surface area (TPSA) is 76.5 Å². The number of halogens is 1. The fraction of sp³-hybridized carbons (Fsp3) is 0.292. The number of piperidine rings is 1. The van der Waals surface area contributed by atoms with Gasteiger partial charge in [-0.1, -0.05) is 28.1 Å². The normalized spacial score (nSPS) is 13.6. The van der Waals surface area contributed by atoms with Crippen molar-refractivity contribution in [1.82, 2.24) is 14.7 Å². The lowest BCUT2D eigenvalue weighted by Crippen LogP contribution is -2.37. The van der Waals surface area contributed by atoms with Crippen molar-refractivity contribution in [3.63, 3.8) is 0 Å². The molecule has 3 aromatic rings. The van der Waals surface area contributed by atoms with Gasteiger partial charge in [0.1, 0.15) is 18.1 Å². The van der Waals surface area contributed by atoms with Crippen molar-refractivity contribution in [2.45, 2.75) is 25.9 Å². The minimum Gasteiger partial charge on any atom is -0.489 e. The van der Waals surface area contributed by atoms with Gasteiger partial charge in [-0.25, -0.2) is 0 Å². The Bertz CT molecular complexity index is 1100. The van der Waals surface area contributed by atoms with Crippen molar-refractivity contribution in [2.24, 2.45) is 7.05 Å². The number of likely N-dealkylation sites (tertiary alicyclic amines) is 1. The number of hydrogen-bond acceptors (Lipinski definition) is 4. The van der Waals surface area contributed by atoms with Crippen LogP contribution < -0.4 is 10.1 Å². The van der Waals surface area contributed by atoms with Gasteiger partial charge in [-0.3, -0.25) is 14.3 Å². The molecule has 2 heterocycles. The van der Waals surface area contributed by atoms with Gasteiger partial charge in [0, 0.05) is 30.2 Å².